The number of aromatic amines is 1. The van der Waals surface area contributed by atoms with Gasteiger partial charge in [0.25, 0.3) is 0 Å². The largest absolute Gasteiger partial charge is 0.496 e. The van der Waals surface area contributed by atoms with Gasteiger partial charge in [-0.15, -0.1) is 0 Å². The van der Waals surface area contributed by atoms with E-state index < -0.39 is 11.6 Å². The fourth-order valence-electron chi connectivity index (χ4n) is 5.17. The second-order valence-corrected chi connectivity index (χ2v) is 9.43. The Labute approximate surface area is 198 Å². The van der Waals surface area contributed by atoms with Gasteiger partial charge < -0.3 is 19.6 Å². The van der Waals surface area contributed by atoms with Crippen molar-refractivity contribution >= 4 is 16.9 Å². The lowest BCUT2D eigenvalue weighted by atomic mass is 9.97. The van der Waals surface area contributed by atoms with Crippen molar-refractivity contribution < 1.29 is 23.8 Å². The van der Waals surface area contributed by atoms with Crippen LogP contribution in [0, 0.1) is 6.92 Å². The number of nitrogens with one attached hydrogen (secondary N) is 1. The molecule has 0 saturated carbocycles. The summed E-state index contributed by atoms with van der Waals surface area (Å²) in [6, 6.07) is 11.2. The van der Waals surface area contributed by atoms with Crippen LogP contribution in [0.1, 0.15) is 33.1 Å². The number of hydrogen-bond donors (Lipinski definition) is 2. The molecule has 7 nitrogen and oxygen atoms in total. The van der Waals surface area contributed by atoms with Crippen LogP contribution in [0.3, 0.4) is 0 Å². The van der Waals surface area contributed by atoms with Crippen LogP contribution >= 0.6 is 0 Å². The number of piperazine rings is 1. The third kappa shape index (κ3) is 4.29. The number of hydrogen-bond acceptors (Lipinski definition) is 5. The minimum atomic E-state index is -1.28. The number of H-pyrrole nitrogens is 1. The fraction of sp³-hybridized carbons (Fsp3) is 0.423. The third-order valence-corrected chi connectivity index (χ3v) is 7.04. The first-order valence-electron chi connectivity index (χ1n) is 11.6. The van der Waals surface area contributed by atoms with Gasteiger partial charge in [0, 0.05) is 61.4 Å². The van der Waals surface area contributed by atoms with Crippen LogP contribution in [0.2, 0.25) is 0 Å². The Morgan fingerprint density at radius 2 is 2.03 bits per heavy atom. The van der Waals surface area contributed by atoms with Crippen LogP contribution in [0.15, 0.2) is 42.6 Å². The van der Waals surface area contributed by atoms with Gasteiger partial charge in [-0.25, -0.2) is 9.18 Å². The summed E-state index contributed by atoms with van der Waals surface area (Å²) >= 11 is 0. The third-order valence-electron chi connectivity index (χ3n) is 7.04. The smallest absolute Gasteiger partial charge is 0.335 e. The van der Waals surface area contributed by atoms with Crippen molar-refractivity contribution in [3.05, 3.63) is 64.8 Å². The van der Waals surface area contributed by atoms with E-state index in [0.29, 0.717) is 19.6 Å². The summed E-state index contributed by atoms with van der Waals surface area (Å²) < 4.78 is 25.7. The maximum atomic E-state index is 14.8. The van der Waals surface area contributed by atoms with Gasteiger partial charge in [0.2, 0.25) is 0 Å². The molecule has 2 aromatic carbocycles. The van der Waals surface area contributed by atoms with E-state index in [1.165, 1.54) is 0 Å². The number of fused-ring (bicyclic) bond motifs is 1. The number of rotatable bonds is 7. The van der Waals surface area contributed by atoms with Crippen molar-refractivity contribution in [2.45, 2.75) is 25.2 Å². The number of ether oxygens (including phenoxy) is 2. The summed E-state index contributed by atoms with van der Waals surface area (Å²) in [7, 11) is 1.69. The number of aromatic carboxylic acids is 1. The van der Waals surface area contributed by atoms with Crippen LogP contribution in [-0.2, 0) is 11.3 Å². The van der Waals surface area contributed by atoms with Crippen LogP contribution in [0.4, 0.5) is 4.39 Å². The Morgan fingerprint density at radius 1 is 1.26 bits per heavy atom. The molecule has 2 aliphatic rings. The molecule has 5 rings (SSSR count). The summed E-state index contributed by atoms with van der Waals surface area (Å²) in [4.78, 5) is 19.2. The average Bonchev–Trinajstić information content (AvgIpc) is 3.31. The number of methoxy groups -OCH3 is 1. The topological polar surface area (TPSA) is 78.0 Å². The number of carbonyl (C=O) groups is 1. The van der Waals surface area contributed by atoms with E-state index in [9.17, 15) is 14.3 Å². The molecule has 2 N–H and O–H groups in total. The van der Waals surface area contributed by atoms with E-state index in [2.05, 4.69) is 33.8 Å². The molecule has 0 aliphatic carbocycles. The maximum absolute atomic E-state index is 14.8. The highest BCUT2D eigenvalue weighted by atomic mass is 19.1. The van der Waals surface area contributed by atoms with E-state index in [0.717, 1.165) is 46.4 Å². The lowest BCUT2D eigenvalue weighted by molar-refractivity contribution is -0.145. The first kappa shape index (κ1) is 22.8. The zero-order chi connectivity index (χ0) is 23.9. The van der Waals surface area contributed by atoms with Crippen molar-refractivity contribution in [3.8, 4) is 5.75 Å². The molecule has 180 valence electrons. The quantitative estimate of drug-likeness (QED) is 0.551. The first-order chi connectivity index (χ1) is 16.4. The molecule has 1 aromatic heterocycles. The molecule has 0 bridgehead atoms. The highest BCUT2D eigenvalue weighted by Gasteiger charge is 2.42. The van der Waals surface area contributed by atoms with Crippen molar-refractivity contribution in [2.24, 2.45) is 0 Å². The molecule has 0 spiro atoms. The van der Waals surface area contributed by atoms with Gasteiger partial charge in [0.15, 0.2) is 5.67 Å². The summed E-state index contributed by atoms with van der Waals surface area (Å²) in [6.45, 7) is 5.54. The molecule has 8 heteroatoms. The average molecular weight is 468 g/mol. The number of halogens is 1. The zero-order valence-corrected chi connectivity index (χ0v) is 19.5. The second kappa shape index (κ2) is 9.02. The second-order valence-electron chi connectivity index (χ2n) is 9.43. The predicted octanol–water partition coefficient (Wildman–Crippen LogP) is 3.78. The molecule has 1 atom stereocenters. The number of carboxylic acids is 1. The van der Waals surface area contributed by atoms with Gasteiger partial charge >= 0.3 is 5.97 Å². The normalized spacial score (nSPS) is 20.9. The van der Waals surface area contributed by atoms with E-state index in [4.69, 9.17) is 9.47 Å². The van der Waals surface area contributed by atoms with Crippen LogP contribution in [0.25, 0.3) is 10.9 Å². The van der Waals surface area contributed by atoms with Gasteiger partial charge in [-0.2, -0.15) is 0 Å². The molecule has 2 fully saturated rings. The molecular weight excluding hydrogens is 437 g/mol. The Hall–Kier alpha value is -2.94. The van der Waals surface area contributed by atoms with E-state index in [1.54, 1.807) is 19.2 Å². The van der Waals surface area contributed by atoms with Crippen molar-refractivity contribution in [1.82, 2.24) is 14.8 Å². The summed E-state index contributed by atoms with van der Waals surface area (Å²) in [6.07, 6.45) is 1.95. The minimum Gasteiger partial charge on any atom is -0.496 e. The molecule has 3 heterocycles. The zero-order valence-electron chi connectivity index (χ0n) is 19.5. The van der Waals surface area contributed by atoms with Gasteiger partial charge in [-0.1, -0.05) is 12.1 Å². The Kier molecular flexibility index (Phi) is 6.06. The summed E-state index contributed by atoms with van der Waals surface area (Å²) in [5.41, 5.74) is 3.33. The number of aromatic nitrogens is 1. The molecular formula is C26H30FN3O4. The monoisotopic (exact) mass is 467 g/mol. The van der Waals surface area contributed by atoms with Gasteiger partial charge in [0.1, 0.15) is 5.75 Å². The van der Waals surface area contributed by atoms with Gasteiger partial charge in [-0.05, 0) is 42.3 Å². The number of nitrogens with zero attached hydrogens (tertiary/aromatic N) is 2. The minimum absolute atomic E-state index is 0.0128. The highest BCUT2D eigenvalue weighted by molar-refractivity contribution is 5.88. The molecule has 3 aromatic rings. The number of carboxylic acid groups (broad SMARTS) is 1. The summed E-state index contributed by atoms with van der Waals surface area (Å²) in [5.74, 6) is -0.0985. The molecule has 0 unspecified atom stereocenters. The van der Waals surface area contributed by atoms with Crippen LogP contribution in [-0.4, -0.2) is 78.0 Å². The number of benzene rings is 2. The Bertz CT molecular complexity index is 1190. The predicted molar refractivity (Wildman–Crippen MR) is 127 cm³/mol. The number of aryl methyl sites for hydroxylation is 1. The lowest BCUT2D eigenvalue weighted by Gasteiger charge is -2.45. The van der Waals surface area contributed by atoms with E-state index >= 15 is 0 Å². The Morgan fingerprint density at radius 3 is 2.68 bits per heavy atom. The van der Waals surface area contributed by atoms with Gasteiger partial charge in [-0.3, -0.25) is 9.80 Å². The van der Waals surface area contributed by atoms with Crippen molar-refractivity contribution in [3.63, 3.8) is 0 Å². The molecule has 2 aliphatic heterocycles. The molecule has 2 saturated heterocycles. The van der Waals surface area contributed by atoms with Crippen molar-refractivity contribution in [1.29, 1.82) is 0 Å². The van der Waals surface area contributed by atoms with E-state index in [-0.39, 0.29) is 24.8 Å². The molecule has 34 heavy (non-hydrogen) atoms. The molecule has 0 radical (unpaired) electrons. The Balaban J connectivity index is 1.46. The number of alkyl halides is 1. The fourth-order valence-corrected chi connectivity index (χ4v) is 5.17. The molecule has 0 amide bonds. The van der Waals surface area contributed by atoms with Crippen LogP contribution < -0.4 is 4.74 Å². The van der Waals surface area contributed by atoms with E-state index in [1.807, 2.05) is 18.3 Å². The maximum Gasteiger partial charge on any atom is 0.335 e. The summed E-state index contributed by atoms with van der Waals surface area (Å²) in [5, 5.41) is 10.4. The first-order valence-corrected chi connectivity index (χ1v) is 11.6. The highest BCUT2D eigenvalue weighted by Crippen LogP contribution is 2.36. The van der Waals surface area contributed by atoms with Crippen LogP contribution in [0.5, 0.6) is 5.75 Å². The standard InChI is InChI=1S/C26H30FN3O4/c1-17-11-23(33-2)21(20-7-8-28-24(17)20)12-30-10-9-29(14-26(27)15-34-16-26)13-22(30)18-3-5-19(6-4-18)25(31)32/h3-8,11,22,28H,9-10,12-16H2,1-2H3,(H,31,32)/t22-/m0/s1. The lowest BCUT2D eigenvalue weighted by Crippen LogP contribution is -2.57. The van der Waals surface area contributed by atoms with Crippen molar-refractivity contribution in [2.75, 3.05) is 46.5 Å². The van der Waals surface area contributed by atoms with Gasteiger partial charge in [0.05, 0.1) is 25.9 Å². The SMILES string of the molecule is COc1cc(C)c2[nH]ccc2c1CN1CCN(CC2(F)COC2)C[C@H]1c1ccc(C(=O)O)cc1.